The van der Waals surface area contributed by atoms with E-state index in [-0.39, 0.29) is 29.7 Å². The zero-order valence-electron chi connectivity index (χ0n) is 14.2. The maximum atomic E-state index is 12.9. The lowest BCUT2D eigenvalue weighted by atomic mass is 9.97. The Balaban J connectivity index is 1.90. The van der Waals surface area contributed by atoms with Crippen LogP contribution in [0, 0.1) is 11.8 Å². The number of hydrogen-bond acceptors (Lipinski definition) is 3. The van der Waals surface area contributed by atoms with E-state index in [1.165, 1.54) is 4.90 Å². The van der Waals surface area contributed by atoms with E-state index in [4.69, 9.17) is 11.6 Å². The van der Waals surface area contributed by atoms with Gasteiger partial charge >= 0.3 is 5.97 Å². The highest BCUT2D eigenvalue weighted by molar-refractivity contribution is 6.30. The van der Waals surface area contributed by atoms with Crippen molar-refractivity contribution in [2.24, 2.45) is 11.8 Å². The molecule has 0 bridgehead atoms. The fourth-order valence-electron chi connectivity index (χ4n) is 3.25. The van der Waals surface area contributed by atoms with Gasteiger partial charge in [0.2, 0.25) is 0 Å². The zero-order chi connectivity index (χ0) is 18.8. The average molecular weight is 372 g/mol. The number of nitrogens with zero attached hydrogens (tertiary/aromatic N) is 1. The van der Waals surface area contributed by atoms with Gasteiger partial charge in [-0.3, -0.25) is 14.4 Å². The van der Waals surface area contributed by atoms with Crippen LogP contribution in [0.15, 0.2) is 48.5 Å². The molecule has 2 aromatic carbocycles. The Kier molecular flexibility index (Phi) is 5.09. The number of carboxylic acid groups (broad SMARTS) is 1. The number of carboxylic acids is 1. The second-order valence-electron chi connectivity index (χ2n) is 6.51. The Labute approximate surface area is 156 Å². The summed E-state index contributed by atoms with van der Waals surface area (Å²) in [7, 11) is 0. The molecule has 1 amide bonds. The van der Waals surface area contributed by atoms with Crippen LogP contribution < -0.4 is 0 Å². The number of aliphatic carboxylic acids is 1. The van der Waals surface area contributed by atoms with Gasteiger partial charge in [-0.25, -0.2) is 0 Å². The monoisotopic (exact) mass is 371 g/mol. The Morgan fingerprint density at radius 2 is 1.62 bits per heavy atom. The summed E-state index contributed by atoms with van der Waals surface area (Å²) in [6.07, 6.45) is 0. The Hall–Kier alpha value is -2.66. The lowest BCUT2D eigenvalue weighted by molar-refractivity contribution is -0.142. The standard InChI is InChI=1S/C20H18ClNO4/c1-12-10-22(11-17(12)20(25)26)19(24)16-5-3-2-4-15(16)18(23)13-6-8-14(21)9-7-13/h2-9,12,17H,10-11H2,1H3,(H,25,26)/t12-,17-/m1/s1. The highest BCUT2D eigenvalue weighted by atomic mass is 35.5. The van der Waals surface area contributed by atoms with Gasteiger partial charge in [0.1, 0.15) is 0 Å². The number of likely N-dealkylation sites (tertiary alicyclic amines) is 1. The van der Waals surface area contributed by atoms with Crippen LogP contribution in [0.5, 0.6) is 0 Å². The van der Waals surface area contributed by atoms with Crippen molar-refractivity contribution >= 4 is 29.3 Å². The summed E-state index contributed by atoms with van der Waals surface area (Å²) in [4.78, 5) is 38.6. The van der Waals surface area contributed by atoms with Crippen LogP contribution in [0.25, 0.3) is 0 Å². The first-order valence-corrected chi connectivity index (χ1v) is 8.67. The van der Waals surface area contributed by atoms with Gasteiger partial charge in [-0.15, -0.1) is 0 Å². The number of hydrogen-bond donors (Lipinski definition) is 1. The Morgan fingerprint density at radius 1 is 1.00 bits per heavy atom. The average Bonchev–Trinajstić information content (AvgIpc) is 3.03. The van der Waals surface area contributed by atoms with Crippen LogP contribution in [-0.2, 0) is 4.79 Å². The molecule has 3 rings (SSSR count). The highest BCUT2D eigenvalue weighted by Gasteiger charge is 2.37. The van der Waals surface area contributed by atoms with Crippen molar-refractivity contribution < 1.29 is 19.5 Å². The third-order valence-electron chi connectivity index (χ3n) is 4.73. The molecule has 0 aromatic heterocycles. The summed E-state index contributed by atoms with van der Waals surface area (Å²) in [6.45, 7) is 2.33. The molecule has 1 fully saturated rings. The molecule has 2 atom stereocenters. The van der Waals surface area contributed by atoms with Crippen LogP contribution in [0.2, 0.25) is 5.02 Å². The number of carbonyl (C=O) groups is 3. The van der Waals surface area contributed by atoms with Crippen molar-refractivity contribution in [2.75, 3.05) is 13.1 Å². The number of halogens is 1. The van der Waals surface area contributed by atoms with E-state index in [0.717, 1.165) is 0 Å². The first-order chi connectivity index (χ1) is 12.4. The van der Waals surface area contributed by atoms with Crippen LogP contribution in [0.1, 0.15) is 33.2 Å². The van der Waals surface area contributed by atoms with Crippen molar-refractivity contribution in [1.29, 1.82) is 0 Å². The van der Waals surface area contributed by atoms with Crippen molar-refractivity contribution in [3.8, 4) is 0 Å². The van der Waals surface area contributed by atoms with Crippen LogP contribution in [0.4, 0.5) is 0 Å². The largest absolute Gasteiger partial charge is 0.481 e. The molecule has 1 saturated heterocycles. The van der Waals surface area contributed by atoms with Gasteiger partial charge in [0, 0.05) is 29.2 Å². The molecule has 1 aliphatic rings. The third kappa shape index (κ3) is 3.48. The van der Waals surface area contributed by atoms with Crippen LogP contribution in [-0.4, -0.2) is 40.8 Å². The summed E-state index contributed by atoms with van der Waals surface area (Å²) in [5.41, 5.74) is 1.02. The Morgan fingerprint density at radius 3 is 2.19 bits per heavy atom. The van der Waals surface area contributed by atoms with Gasteiger partial charge in [0.05, 0.1) is 11.5 Å². The van der Waals surface area contributed by atoms with Crippen molar-refractivity contribution in [2.45, 2.75) is 6.92 Å². The fraction of sp³-hybridized carbons (Fsp3) is 0.250. The predicted octanol–water partition coefficient (Wildman–Crippen LogP) is 3.36. The number of carbonyl (C=O) groups excluding carboxylic acids is 2. The SMILES string of the molecule is C[C@@H]1CN(C(=O)c2ccccc2C(=O)c2ccc(Cl)cc2)C[C@H]1C(=O)O. The van der Waals surface area contributed by atoms with Crippen molar-refractivity contribution in [3.63, 3.8) is 0 Å². The van der Waals surface area contributed by atoms with Crippen molar-refractivity contribution in [1.82, 2.24) is 4.90 Å². The molecule has 5 nitrogen and oxygen atoms in total. The molecular weight excluding hydrogens is 354 g/mol. The van der Waals surface area contributed by atoms with Gasteiger partial charge < -0.3 is 10.0 Å². The zero-order valence-corrected chi connectivity index (χ0v) is 14.9. The van der Waals surface area contributed by atoms with Crippen LogP contribution in [0.3, 0.4) is 0 Å². The topological polar surface area (TPSA) is 74.7 Å². The molecule has 0 spiro atoms. The molecule has 0 unspecified atom stereocenters. The van der Waals surface area contributed by atoms with Gasteiger partial charge in [-0.2, -0.15) is 0 Å². The normalized spacial score (nSPS) is 19.4. The molecule has 1 N–H and O–H groups in total. The number of benzene rings is 2. The molecule has 1 aliphatic heterocycles. The molecule has 2 aromatic rings. The molecular formula is C20H18ClNO4. The van der Waals surface area contributed by atoms with Gasteiger partial charge in [0.15, 0.2) is 5.78 Å². The van der Waals surface area contributed by atoms with E-state index in [0.29, 0.717) is 22.7 Å². The predicted molar refractivity (Wildman–Crippen MR) is 97.5 cm³/mol. The summed E-state index contributed by atoms with van der Waals surface area (Å²) in [6, 6.07) is 13.1. The molecule has 1 heterocycles. The Bertz CT molecular complexity index is 862. The maximum absolute atomic E-state index is 12.9. The summed E-state index contributed by atoms with van der Waals surface area (Å²) in [5, 5.41) is 9.79. The van der Waals surface area contributed by atoms with E-state index in [1.807, 2.05) is 6.92 Å². The maximum Gasteiger partial charge on any atom is 0.308 e. The molecule has 0 aliphatic carbocycles. The fourth-order valence-corrected chi connectivity index (χ4v) is 3.37. The molecule has 0 saturated carbocycles. The molecule has 26 heavy (non-hydrogen) atoms. The lowest BCUT2D eigenvalue weighted by Gasteiger charge is -2.18. The van der Waals surface area contributed by atoms with Gasteiger partial charge in [-0.05, 0) is 36.2 Å². The minimum Gasteiger partial charge on any atom is -0.481 e. The smallest absolute Gasteiger partial charge is 0.308 e. The highest BCUT2D eigenvalue weighted by Crippen LogP contribution is 2.26. The van der Waals surface area contributed by atoms with Crippen molar-refractivity contribution in [3.05, 3.63) is 70.2 Å². The van der Waals surface area contributed by atoms with E-state index in [2.05, 4.69) is 0 Å². The summed E-state index contributed by atoms with van der Waals surface area (Å²) < 4.78 is 0. The second kappa shape index (κ2) is 7.30. The minimum atomic E-state index is -0.904. The molecule has 0 radical (unpaired) electrons. The van der Waals surface area contributed by atoms with Crippen LogP contribution >= 0.6 is 11.6 Å². The van der Waals surface area contributed by atoms with E-state index in [1.54, 1.807) is 48.5 Å². The molecule has 6 heteroatoms. The van der Waals surface area contributed by atoms with Gasteiger partial charge in [0.25, 0.3) is 5.91 Å². The second-order valence-corrected chi connectivity index (χ2v) is 6.95. The number of rotatable bonds is 4. The van der Waals surface area contributed by atoms with E-state index >= 15 is 0 Å². The first-order valence-electron chi connectivity index (χ1n) is 8.30. The number of amides is 1. The third-order valence-corrected chi connectivity index (χ3v) is 4.98. The number of ketones is 1. The summed E-state index contributed by atoms with van der Waals surface area (Å²) >= 11 is 5.86. The first kappa shape index (κ1) is 18.1. The van der Waals surface area contributed by atoms with Gasteiger partial charge in [-0.1, -0.05) is 36.7 Å². The molecule has 134 valence electrons. The van der Waals surface area contributed by atoms with E-state index in [9.17, 15) is 19.5 Å². The quantitative estimate of drug-likeness (QED) is 0.836. The van der Waals surface area contributed by atoms with E-state index < -0.39 is 11.9 Å². The lowest BCUT2D eigenvalue weighted by Crippen LogP contribution is -2.31. The summed E-state index contributed by atoms with van der Waals surface area (Å²) in [5.74, 6) is -2.21. The minimum absolute atomic E-state index is 0.129.